The number of nitrogens with one attached hydrogen (secondary N) is 2. The van der Waals surface area contributed by atoms with E-state index in [2.05, 4.69) is 63.8 Å². The summed E-state index contributed by atoms with van der Waals surface area (Å²) in [5, 5.41) is 6.86. The summed E-state index contributed by atoms with van der Waals surface area (Å²) in [4.78, 5) is 9.07. The Kier molecular flexibility index (Phi) is 12.5. The number of nitrogens with zero attached hydrogens (tertiary/aromatic N) is 3. The van der Waals surface area contributed by atoms with E-state index in [1.165, 1.54) is 63.0 Å². The van der Waals surface area contributed by atoms with E-state index in [0.717, 1.165) is 25.5 Å². The van der Waals surface area contributed by atoms with Crippen molar-refractivity contribution in [2.75, 3.05) is 58.8 Å². The van der Waals surface area contributed by atoms with E-state index in [1.807, 2.05) is 7.05 Å². The molecule has 0 unspecified atom stereocenters. The Bertz CT molecular complexity index is 522. The number of aliphatic imine (C=N–C) groups is 1. The maximum Gasteiger partial charge on any atom is 0.190 e. The summed E-state index contributed by atoms with van der Waals surface area (Å²) in [6.45, 7) is 5.63. The molecule has 154 valence electrons. The number of anilines is 1. The zero-order valence-corrected chi connectivity index (χ0v) is 19.7. The van der Waals surface area contributed by atoms with Gasteiger partial charge in [0.05, 0.1) is 0 Å². The molecule has 0 saturated carbocycles. The maximum absolute atomic E-state index is 4.33. The fourth-order valence-corrected chi connectivity index (χ4v) is 3.38. The fourth-order valence-electron chi connectivity index (χ4n) is 3.38. The Labute approximate surface area is 183 Å². The van der Waals surface area contributed by atoms with Crippen molar-refractivity contribution < 1.29 is 0 Å². The third kappa shape index (κ3) is 9.65. The molecule has 1 aromatic rings. The summed E-state index contributed by atoms with van der Waals surface area (Å²) in [6.07, 6.45) is 7.72. The molecule has 1 heterocycles. The first-order valence-electron chi connectivity index (χ1n) is 10.1. The van der Waals surface area contributed by atoms with Gasteiger partial charge in [0.15, 0.2) is 5.96 Å². The normalized spacial score (nSPS) is 15.6. The highest BCUT2D eigenvalue weighted by atomic mass is 127. The van der Waals surface area contributed by atoms with Crippen molar-refractivity contribution >= 4 is 35.6 Å². The molecule has 0 aromatic heterocycles. The average Bonchev–Trinajstić information content (AvgIpc) is 2.93. The van der Waals surface area contributed by atoms with E-state index in [9.17, 15) is 0 Å². The van der Waals surface area contributed by atoms with Crippen LogP contribution in [-0.4, -0.2) is 64.7 Å². The van der Waals surface area contributed by atoms with Crippen molar-refractivity contribution in [1.29, 1.82) is 0 Å². The molecule has 1 aliphatic rings. The zero-order valence-electron chi connectivity index (χ0n) is 17.3. The number of rotatable bonds is 8. The number of hydrogen-bond donors (Lipinski definition) is 2. The number of benzene rings is 1. The highest BCUT2D eigenvalue weighted by molar-refractivity contribution is 14.0. The lowest BCUT2D eigenvalue weighted by molar-refractivity contribution is 0.282. The molecule has 6 heteroatoms. The molecule has 0 aliphatic carbocycles. The van der Waals surface area contributed by atoms with E-state index in [-0.39, 0.29) is 24.0 Å². The lowest BCUT2D eigenvalue weighted by atomic mass is 10.1. The van der Waals surface area contributed by atoms with Crippen LogP contribution in [0.5, 0.6) is 0 Å². The maximum atomic E-state index is 4.33. The number of guanidine groups is 1. The van der Waals surface area contributed by atoms with Gasteiger partial charge in [-0.25, -0.2) is 0 Å². The predicted octanol–water partition coefficient (Wildman–Crippen LogP) is 3.34. The van der Waals surface area contributed by atoms with Gasteiger partial charge in [0.1, 0.15) is 0 Å². The topological polar surface area (TPSA) is 42.9 Å². The fraction of sp³-hybridized carbons (Fsp3) is 0.667. The Balaban J connectivity index is 0.00000364. The van der Waals surface area contributed by atoms with Crippen molar-refractivity contribution in [3.8, 4) is 0 Å². The van der Waals surface area contributed by atoms with Crippen molar-refractivity contribution in [1.82, 2.24) is 15.5 Å². The summed E-state index contributed by atoms with van der Waals surface area (Å²) in [5.74, 6) is 0.908. The molecule has 0 bridgehead atoms. The summed E-state index contributed by atoms with van der Waals surface area (Å²) in [6, 6.07) is 8.75. The van der Waals surface area contributed by atoms with Gasteiger partial charge < -0.3 is 20.4 Å². The molecule has 27 heavy (non-hydrogen) atoms. The minimum atomic E-state index is 0. The second-order valence-corrected chi connectivity index (χ2v) is 7.35. The lowest BCUT2D eigenvalue weighted by Gasteiger charge is -2.20. The van der Waals surface area contributed by atoms with E-state index in [1.54, 1.807) is 0 Å². The quantitative estimate of drug-likeness (QED) is 0.256. The summed E-state index contributed by atoms with van der Waals surface area (Å²) in [7, 11) is 5.98. The first kappa shape index (κ1) is 24.0. The van der Waals surface area contributed by atoms with Crippen molar-refractivity contribution in [2.24, 2.45) is 4.99 Å². The minimum Gasteiger partial charge on any atom is -0.378 e. The van der Waals surface area contributed by atoms with E-state index >= 15 is 0 Å². The van der Waals surface area contributed by atoms with Crippen LogP contribution in [0.2, 0.25) is 0 Å². The SMILES string of the molecule is CN=C(NCCCN1CCCCCC1)NCCc1ccc(N(C)C)cc1.I. The zero-order chi connectivity index (χ0) is 18.6. The second kappa shape index (κ2) is 14.0. The minimum absolute atomic E-state index is 0. The summed E-state index contributed by atoms with van der Waals surface area (Å²) < 4.78 is 0. The van der Waals surface area contributed by atoms with Gasteiger partial charge in [-0.2, -0.15) is 0 Å². The number of hydrogen-bond acceptors (Lipinski definition) is 3. The van der Waals surface area contributed by atoms with Gasteiger partial charge in [0.2, 0.25) is 0 Å². The van der Waals surface area contributed by atoms with Gasteiger partial charge in [0, 0.05) is 39.9 Å². The molecule has 1 saturated heterocycles. The van der Waals surface area contributed by atoms with Crippen LogP contribution >= 0.6 is 24.0 Å². The Morgan fingerprint density at radius 2 is 1.63 bits per heavy atom. The molecule has 1 fully saturated rings. The van der Waals surface area contributed by atoms with Crippen molar-refractivity contribution in [3.63, 3.8) is 0 Å². The molecular formula is C21H38IN5. The Hall–Kier alpha value is -1.02. The smallest absolute Gasteiger partial charge is 0.190 e. The molecule has 1 aliphatic heterocycles. The van der Waals surface area contributed by atoms with Crippen LogP contribution in [0.15, 0.2) is 29.3 Å². The second-order valence-electron chi connectivity index (χ2n) is 7.35. The third-order valence-electron chi connectivity index (χ3n) is 5.02. The van der Waals surface area contributed by atoms with Crippen LogP contribution in [0.25, 0.3) is 0 Å². The number of likely N-dealkylation sites (tertiary alicyclic amines) is 1. The predicted molar refractivity (Wildman–Crippen MR) is 129 cm³/mol. The largest absolute Gasteiger partial charge is 0.378 e. The third-order valence-corrected chi connectivity index (χ3v) is 5.02. The van der Waals surface area contributed by atoms with Gasteiger partial charge >= 0.3 is 0 Å². The van der Waals surface area contributed by atoms with Gasteiger partial charge in [0.25, 0.3) is 0 Å². The van der Waals surface area contributed by atoms with E-state index in [0.29, 0.717) is 0 Å². The van der Waals surface area contributed by atoms with Crippen LogP contribution in [-0.2, 0) is 6.42 Å². The van der Waals surface area contributed by atoms with E-state index in [4.69, 9.17) is 0 Å². The van der Waals surface area contributed by atoms with Gasteiger partial charge in [-0.15, -0.1) is 24.0 Å². The van der Waals surface area contributed by atoms with Crippen LogP contribution in [0, 0.1) is 0 Å². The van der Waals surface area contributed by atoms with Crippen LogP contribution in [0.4, 0.5) is 5.69 Å². The molecule has 2 N–H and O–H groups in total. The van der Waals surface area contributed by atoms with Gasteiger partial charge in [-0.05, 0) is 63.0 Å². The highest BCUT2D eigenvalue weighted by Crippen LogP contribution is 2.12. The molecule has 0 atom stereocenters. The molecule has 0 amide bonds. The van der Waals surface area contributed by atoms with E-state index < -0.39 is 0 Å². The van der Waals surface area contributed by atoms with Gasteiger partial charge in [-0.1, -0.05) is 25.0 Å². The molecule has 0 radical (unpaired) electrons. The molecule has 2 rings (SSSR count). The Morgan fingerprint density at radius 3 is 2.22 bits per heavy atom. The standard InChI is InChI=1S/C21H37N5.HI/c1-22-21(23-14-8-18-26-16-6-4-5-7-17-26)24-15-13-19-9-11-20(12-10-19)25(2)3;/h9-12H,4-8,13-18H2,1-3H3,(H2,22,23,24);1H. The monoisotopic (exact) mass is 487 g/mol. The van der Waals surface area contributed by atoms with Crippen LogP contribution in [0.1, 0.15) is 37.7 Å². The molecule has 5 nitrogen and oxygen atoms in total. The highest BCUT2D eigenvalue weighted by Gasteiger charge is 2.08. The summed E-state index contributed by atoms with van der Waals surface area (Å²) in [5.41, 5.74) is 2.59. The first-order chi connectivity index (χ1) is 12.7. The molecular weight excluding hydrogens is 449 g/mol. The van der Waals surface area contributed by atoms with Crippen LogP contribution in [0.3, 0.4) is 0 Å². The molecule has 1 aromatic carbocycles. The Morgan fingerprint density at radius 1 is 1.00 bits per heavy atom. The number of halogens is 1. The van der Waals surface area contributed by atoms with Gasteiger partial charge in [-0.3, -0.25) is 4.99 Å². The van der Waals surface area contributed by atoms with Crippen molar-refractivity contribution in [3.05, 3.63) is 29.8 Å². The lowest BCUT2D eigenvalue weighted by Crippen LogP contribution is -2.39. The first-order valence-corrected chi connectivity index (χ1v) is 10.1. The van der Waals surface area contributed by atoms with Crippen LogP contribution < -0.4 is 15.5 Å². The molecule has 0 spiro atoms. The summed E-state index contributed by atoms with van der Waals surface area (Å²) >= 11 is 0. The van der Waals surface area contributed by atoms with Crippen molar-refractivity contribution in [2.45, 2.75) is 38.5 Å². The average molecular weight is 487 g/mol.